The fraction of sp³-hybridized carbons (Fsp3) is 0.400. The molecular weight excluding hydrogens is 228 g/mol. The summed E-state index contributed by atoms with van der Waals surface area (Å²) in [5.41, 5.74) is -0.0924. The SMILES string of the molecule is CC1(C)CN(S(N)(=O)=O)c2ccccc2O1. The molecule has 6 heteroatoms. The van der Waals surface area contributed by atoms with Gasteiger partial charge in [0.1, 0.15) is 11.4 Å². The highest BCUT2D eigenvalue weighted by Crippen LogP contribution is 2.37. The van der Waals surface area contributed by atoms with Crippen molar-refractivity contribution in [2.75, 3.05) is 10.8 Å². The second-order valence-electron chi connectivity index (χ2n) is 4.38. The van der Waals surface area contributed by atoms with Crippen LogP contribution in [0.4, 0.5) is 5.69 Å². The number of nitrogens with two attached hydrogens (primary N) is 1. The van der Waals surface area contributed by atoms with Crippen molar-refractivity contribution in [3.63, 3.8) is 0 Å². The first-order valence-corrected chi connectivity index (χ1v) is 6.38. The lowest BCUT2D eigenvalue weighted by Crippen LogP contribution is -2.51. The van der Waals surface area contributed by atoms with Gasteiger partial charge in [-0.05, 0) is 26.0 Å². The molecule has 0 amide bonds. The second-order valence-corrected chi connectivity index (χ2v) is 5.85. The molecule has 1 aromatic carbocycles. The predicted octanol–water partition coefficient (Wildman–Crippen LogP) is 0.868. The molecule has 2 rings (SSSR count). The number of anilines is 1. The van der Waals surface area contributed by atoms with E-state index in [2.05, 4.69) is 0 Å². The summed E-state index contributed by atoms with van der Waals surface area (Å²) in [7, 11) is -3.76. The number of benzene rings is 1. The minimum absolute atomic E-state index is 0.211. The Morgan fingerprint density at radius 3 is 2.62 bits per heavy atom. The topological polar surface area (TPSA) is 72.6 Å². The zero-order valence-electron chi connectivity index (χ0n) is 9.17. The van der Waals surface area contributed by atoms with Crippen molar-refractivity contribution in [2.45, 2.75) is 19.4 Å². The molecule has 0 atom stereocenters. The highest BCUT2D eigenvalue weighted by Gasteiger charge is 2.35. The van der Waals surface area contributed by atoms with E-state index in [1.807, 2.05) is 13.8 Å². The van der Waals surface area contributed by atoms with Crippen molar-refractivity contribution in [1.82, 2.24) is 0 Å². The van der Waals surface area contributed by atoms with Gasteiger partial charge in [-0.15, -0.1) is 0 Å². The summed E-state index contributed by atoms with van der Waals surface area (Å²) in [5.74, 6) is 0.535. The van der Waals surface area contributed by atoms with Crippen LogP contribution < -0.4 is 14.2 Å². The van der Waals surface area contributed by atoms with Crippen molar-refractivity contribution in [3.05, 3.63) is 24.3 Å². The summed E-state index contributed by atoms with van der Waals surface area (Å²) in [6, 6.07) is 6.95. The van der Waals surface area contributed by atoms with Gasteiger partial charge in [0, 0.05) is 0 Å². The van der Waals surface area contributed by atoms with Crippen molar-refractivity contribution < 1.29 is 13.2 Å². The van der Waals surface area contributed by atoms with Gasteiger partial charge in [-0.1, -0.05) is 12.1 Å². The zero-order chi connectivity index (χ0) is 12.0. The molecule has 16 heavy (non-hydrogen) atoms. The van der Waals surface area contributed by atoms with E-state index in [0.717, 1.165) is 0 Å². The standard InChI is InChI=1S/C10H14N2O3S/c1-10(2)7-12(16(11,13)14)8-5-3-4-6-9(8)15-10/h3-6H,7H2,1-2H3,(H2,11,13,14). The largest absolute Gasteiger partial charge is 0.484 e. The Labute approximate surface area is 95.0 Å². The third kappa shape index (κ3) is 1.98. The highest BCUT2D eigenvalue weighted by atomic mass is 32.2. The average molecular weight is 242 g/mol. The first-order valence-electron chi connectivity index (χ1n) is 4.88. The van der Waals surface area contributed by atoms with E-state index < -0.39 is 15.8 Å². The van der Waals surface area contributed by atoms with Gasteiger partial charge in [-0.3, -0.25) is 4.31 Å². The molecule has 1 aliphatic rings. The maximum Gasteiger partial charge on any atom is 0.299 e. The maximum absolute atomic E-state index is 11.5. The molecule has 1 aromatic rings. The molecular formula is C10H14N2O3S. The second kappa shape index (κ2) is 3.36. The zero-order valence-corrected chi connectivity index (χ0v) is 9.99. The van der Waals surface area contributed by atoms with Crippen LogP contribution in [-0.4, -0.2) is 20.6 Å². The van der Waals surface area contributed by atoms with Crippen LogP contribution in [0.25, 0.3) is 0 Å². The van der Waals surface area contributed by atoms with E-state index in [1.54, 1.807) is 24.3 Å². The number of rotatable bonds is 1. The first kappa shape index (κ1) is 11.2. The van der Waals surface area contributed by atoms with Crippen LogP contribution in [0.5, 0.6) is 5.75 Å². The Balaban J connectivity index is 2.57. The minimum atomic E-state index is -3.76. The van der Waals surface area contributed by atoms with Gasteiger partial charge >= 0.3 is 0 Å². The molecule has 5 nitrogen and oxygen atoms in total. The van der Waals surface area contributed by atoms with Crippen molar-refractivity contribution >= 4 is 15.9 Å². The van der Waals surface area contributed by atoms with Crippen LogP contribution in [0.1, 0.15) is 13.8 Å². The lowest BCUT2D eigenvalue weighted by molar-refractivity contribution is 0.110. The van der Waals surface area contributed by atoms with Crippen molar-refractivity contribution in [2.24, 2.45) is 5.14 Å². The van der Waals surface area contributed by atoms with Crippen LogP contribution in [0.15, 0.2) is 24.3 Å². The van der Waals surface area contributed by atoms with E-state index in [4.69, 9.17) is 9.88 Å². The summed E-state index contributed by atoms with van der Waals surface area (Å²) >= 11 is 0. The molecule has 0 bridgehead atoms. The van der Waals surface area contributed by atoms with Crippen LogP contribution >= 0.6 is 0 Å². The molecule has 88 valence electrons. The van der Waals surface area contributed by atoms with Gasteiger partial charge in [0.2, 0.25) is 0 Å². The number of hydrogen-bond donors (Lipinski definition) is 1. The lowest BCUT2D eigenvalue weighted by Gasteiger charge is -2.39. The summed E-state index contributed by atoms with van der Waals surface area (Å²) in [6.45, 7) is 3.85. The van der Waals surface area contributed by atoms with Gasteiger partial charge < -0.3 is 4.74 Å². The normalized spacial score (nSPS) is 18.8. The molecule has 0 fully saturated rings. The molecule has 0 radical (unpaired) electrons. The Kier molecular flexibility index (Phi) is 2.36. The van der Waals surface area contributed by atoms with Gasteiger partial charge in [0.15, 0.2) is 0 Å². The summed E-state index contributed by atoms with van der Waals surface area (Å²) < 4.78 is 29.8. The monoisotopic (exact) mass is 242 g/mol. The van der Waals surface area contributed by atoms with E-state index >= 15 is 0 Å². The van der Waals surface area contributed by atoms with Crippen LogP contribution in [0.3, 0.4) is 0 Å². The van der Waals surface area contributed by atoms with Crippen molar-refractivity contribution in [3.8, 4) is 5.75 Å². The number of nitrogens with zero attached hydrogens (tertiary/aromatic N) is 1. The predicted molar refractivity (Wildman–Crippen MR) is 61.6 cm³/mol. The Morgan fingerprint density at radius 2 is 2.00 bits per heavy atom. The quantitative estimate of drug-likeness (QED) is 0.794. The third-order valence-electron chi connectivity index (χ3n) is 2.35. The molecule has 0 saturated carbocycles. The lowest BCUT2D eigenvalue weighted by atomic mass is 10.1. The van der Waals surface area contributed by atoms with E-state index in [1.165, 1.54) is 4.31 Å². The fourth-order valence-corrected chi connectivity index (χ4v) is 2.65. The maximum atomic E-state index is 11.5. The fourth-order valence-electron chi connectivity index (χ4n) is 1.74. The molecule has 2 N–H and O–H groups in total. The van der Waals surface area contributed by atoms with Crippen LogP contribution in [0, 0.1) is 0 Å². The molecule has 0 aromatic heterocycles. The van der Waals surface area contributed by atoms with E-state index in [9.17, 15) is 8.42 Å². The molecule has 1 heterocycles. The first-order chi connectivity index (χ1) is 7.30. The van der Waals surface area contributed by atoms with Gasteiger partial charge in [0.05, 0.1) is 12.2 Å². The molecule has 0 unspecified atom stereocenters. The Hall–Kier alpha value is -1.27. The highest BCUT2D eigenvalue weighted by molar-refractivity contribution is 7.90. The smallest absolute Gasteiger partial charge is 0.299 e. The van der Waals surface area contributed by atoms with Gasteiger partial charge in [0.25, 0.3) is 10.2 Å². The van der Waals surface area contributed by atoms with E-state index in [-0.39, 0.29) is 6.54 Å². The number of para-hydroxylation sites is 2. The number of hydrogen-bond acceptors (Lipinski definition) is 3. The minimum Gasteiger partial charge on any atom is -0.484 e. The number of fused-ring (bicyclic) bond motifs is 1. The summed E-state index contributed by atoms with van der Waals surface area (Å²) in [4.78, 5) is 0. The molecule has 0 spiro atoms. The summed E-state index contributed by atoms with van der Waals surface area (Å²) in [6.07, 6.45) is 0. The van der Waals surface area contributed by atoms with Crippen LogP contribution in [-0.2, 0) is 10.2 Å². The Bertz CT molecular complexity index is 511. The Morgan fingerprint density at radius 1 is 1.38 bits per heavy atom. The van der Waals surface area contributed by atoms with E-state index in [0.29, 0.717) is 11.4 Å². The number of ether oxygens (including phenoxy) is 1. The van der Waals surface area contributed by atoms with Crippen LogP contribution in [0.2, 0.25) is 0 Å². The average Bonchev–Trinajstić information content (AvgIpc) is 2.13. The summed E-state index contributed by atoms with van der Waals surface area (Å²) in [5, 5.41) is 5.19. The van der Waals surface area contributed by atoms with Gasteiger partial charge in [-0.2, -0.15) is 8.42 Å². The van der Waals surface area contributed by atoms with Crippen molar-refractivity contribution in [1.29, 1.82) is 0 Å². The molecule has 1 aliphatic heterocycles. The molecule has 0 saturated heterocycles. The van der Waals surface area contributed by atoms with Gasteiger partial charge in [-0.25, -0.2) is 5.14 Å². The third-order valence-corrected chi connectivity index (χ3v) is 3.29. The molecule has 0 aliphatic carbocycles.